The smallest absolute Gasteiger partial charge is 0.166 e. The molecule has 16 heavy (non-hydrogen) atoms. The van der Waals surface area contributed by atoms with E-state index in [9.17, 15) is 5.11 Å². The van der Waals surface area contributed by atoms with E-state index in [4.69, 9.17) is 5.26 Å². The van der Waals surface area contributed by atoms with Crippen LogP contribution in [0.4, 0.5) is 0 Å². The number of aromatic nitrogens is 1. The molecule has 1 atom stereocenters. The van der Waals surface area contributed by atoms with Gasteiger partial charge in [-0.05, 0) is 36.2 Å². The highest BCUT2D eigenvalue weighted by molar-refractivity contribution is 5.47. The van der Waals surface area contributed by atoms with Gasteiger partial charge in [0.15, 0.2) is 6.10 Å². The van der Waals surface area contributed by atoms with Crippen molar-refractivity contribution in [2.24, 2.45) is 0 Å². The molecule has 1 aromatic carbocycles. The Labute approximate surface area is 94.2 Å². The molecule has 0 aliphatic carbocycles. The highest BCUT2D eigenvalue weighted by Crippen LogP contribution is 2.23. The second-order valence-electron chi connectivity index (χ2n) is 3.61. The van der Waals surface area contributed by atoms with Crippen LogP contribution in [-0.2, 0) is 0 Å². The number of hydrogen-bond donors (Lipinski definition) is 1. The third kappa shape index (κ3) is 1.71. The van der Waals surface area contributed by atoms with Crippen LogP contribution >= 0.6 is 0 Å². The average molecular weight is 212 g/mol. The Morgan fingerprint density at radius 2 is 1.94 bits per heavy atom. The molecule has 0 aliphatic heterocycles. The Morgan fingerprint density at radius 3 is 2.56 bits per heavy atom. The zero-order valence-corrected chi connectivity index (χ0v) is 8.96. The van der Waals surface area contributed by atoms with Crippen molar-refractivity contribution in [3.8, 4) is 11.8 Å². The van der Waals surface area contributed by atoms with Crippen molar-refractivity contribution in [3.63, 3.8) is 0 Å². The van der Waals surface area contributed by atoms with Crippen LogP contribution in [0.2, 0.25) is 0 Å². The first-order valence-electron chi connectivity index (χ1n) is 5.04. The molecule has 80 valence electrons. The average Bonchev–Trinajstić information content (AvgIpc) is 2.82. The van der Waals surface area contributed by atoms with Crippen molar-refractivity contribution in [2.75, 3.05) is 0 Å². The molecule has 1 N–H and O–H groups in total. The molecule has 1 heterocycles. The quantitative estimate of drug-likeness (QED) is 0.777. The van der Waals surface area contributed by atoms with Gasteiger partial charge in [-0.15, -0.1) is 0 Å². The van der Waals surface area contributed by atoms with Crippen molar-refractivity contribution < 1.29 is 5.11 Å². The number of aliphatic hydroxyl groups is 1. The van der Waals surface area contributed by atoms with Crippen molar-refractivity contribution in [1.29, 1.82) is 5.26 Å². The standard InChI is InChI=1S/C13H12N2O/c1-10-11(13(16)9-14)5-4-6-12(10)15-7-2-3-8-15/h2-8,13,16H,1H3/t13-/m1/s1. The summed E-state index contributed by atoms with van der Waals surface area (Å²) >= 11 is 0. The third-order valence-corrected chi connectivity index (χ3v) is 2.65. The Kier molecular flexibility index (Phi) is 2.76. The Hall–Kier alpha value is -2.05. The molecule has 0 bridgehead atoms. The van der Waals surface area contributed by atoms with E-state index in [1.807, 2.05) is 54.2 Å². The van der Waals surface area contributed by atoms with Crippen LogP contribution in [-0.4, -0.2) is 9.67 Å². The zero-order chi connectivity index (χ0) is 11.5. The predicted octanol–water partition coefficient (Wildman–Crippen LogP) is 2.34. The van der Waals surface area contributed by atoms with Gasteiger partial charge in [-0.2, -0.15) is 5.26 Å². The molecule has 0 fully saturated rings. The Bertz CT molecular complexity index is 523. The van der Waals surface area contributed by atoms with Crippen molar-refractivity contribution >= 4 is 0 Å². The minimum atomic E-state index is -1.06. The number of hydrogen-bond acceptors (Lipinski definition) is 2. The molecule has 3 heteroatoms. The monoisotopic (exact) mass is 212 g/mol. The van der Waals surface area contributed by atoms with Gasteiger partial charge in [0.2, 0.25) is 0 Å². The van der Waals surface area contributed by atoms with Gasteiger partial charge in [0.05, 0.1) is 6.07 Å². The molecule has 0 spiro atoms. The van der Waals surface area contributed by atoms with Crippen LogP contribution in [0.15, 0.2) is 42.7 Å². The minimum Gasteiger partial charge on any atom is -0.374 e. The van der Waals surface area contributed by atoms with Gasteiger partial charge < -0.3 is 9.67 Å². The van der Waals surface area contributed by atoms with E-state index in [0.29, 0.717) is 5.56 Å². The van der Waals surface area contributed by atoms with Crippen LogP contribution in [0.3, 0.4) is 0 Å². The fourth-order valence-corrected chi connectivity index (χ4v) is 1.78. The fraction of sp³-hybridized carbons (Fsp3) is 0.154. The van der Waals surface area contributed by atoms with Crippen LogP contribution in [0.25, 0.3) is 5.69 Å². The van der Waals surface area contributed by atoms with E-state index >= 15 is 0 Å². The molecular weight excluding hydrogens is 200 g/mol. The lowest BCUT2D eigenvalue weighted by atomic mass is 10.0. The molecule has 0 radical (unpaired) electrons. The van der Waals surface area contributed by atoms with Crippen LogP contribution < -0.4 is 0 Å². The maximum absolute atomic E-state index is 9.56. The second kappa shape index (κ2) is 4.21. The molecule has 0 amide bonds. The summed E-state index contributed by atoms with van der Waals surface area (Å²) in [5.74, 6) is 0. The lowest BCUT2D eigenvalue weighted by Crippen LogP contribution is -2.01. The molecule has 0 saturated heterocycles. The van der Waals surface area contributed by atoms with Crippen LogP contribution in [0.1, 0.15) is 17.2 Å². The molecule has 3 nitrogen and oxygen atoms in total. The molecule has 0 aliphatic rings. The summed E-state index contributed by atoms with van der Waals surface area (Å²) in [5, 5.41) is 18.3. The maximum Gasteiger partial charge on any atom is 0.166 e. The highest BCUT2D eigenvalue weighted by Gasteiger charge is 2.11. The number of rotatable bonds is 2. The maximum atomic E-state index is 9.56. The van der Waals surface area contributed by atoms with Crippen molar-refractivity contribution in [1.82, 2.24) is 4.57 Å². The van der Waals surface area contributed by atoms with Gasteiger partial charge >= 0.3 is 0 Å². The number of aliphatic hydroxyl groups excluding tert-OH is 1. The molecule has 2 rings (SSSR count). The van der Waals surface area contributed by atoms with Gasteiger partial charge in [0.25, 0.3) is 0 Å². The van der Waals surface area contributed by atoms with Gasteiger partial charge in [-0.3, -0.25) is 0 Å². The van der Waals surface area contributed by atoms with Crippen LogP contribution in [0, 0.1) is 18.3 Å². The van der Waals surface area contributed by atoms with Crippen molar-refractivity contribution in [3.05, 3.63) is 53.9 Å². The number of nitrogens with zero attached hydrogens (tertiary/aromatic N) is 2. The summed E-state index contributed by atoms with van der Waals surface area (Å²) in [5.41, 5.74) is 2.57. The zero-order valence-electron chi connectivity index (χ0n) is 8.96. The SMILES string of the molecule is Cc1c([C@H](O)C#N)cccc1-n1cccc1. The summed E-state index contributed by atoms with van der Waals surface area (Å²) in [7, 11) is 0. The predicted molar refractivity (Wildman–Crippen MR) is 61.1 cm³/mol. The third-order valence-electron chi connectivity index (χ3n) is 2.65. The van der Waals surface area contributed by atoms with E-state index < -0.39 is 6.10 Å². The molecular formula is C13H12N2O. The van der Waals surface area contributed by atoms with Crippen LogP contribution in [0.5, 0.6) is 0 Å². The normalized spacial score (nSPS) is 12.1. The van der Waals surface area contributed by atoms with Gasteiger partial charge in [0, 0.05) is 18.1 Å². The molecule has 1 aromatic heterocycles. The summed E-state index contributed by atoms with van der Waals surface area (Å²) in [6.45, 7) is 1.91. The molecule has 2 aromatic rings. The first-order chi connectivity index (χ1) is 7.74. The van der Waals surface area contributed by atoms with Crippen molar-refractivity contribution in [2.45, 2.75) is 13.0 Å². The first kappa shape index (κ1) is 10.5. The molecule has 0 unspecified atom stereocenters. The fourth-order valence-electron chi connectivity index (χ4n) is 1.78. The minimum absolute atomic E-state index is 0.661. The number of nitriles is 1. The summed E-state index contributed by atoms with van der Waals surface area (Å²) < 4.78 is 1.96. The lowest BCUT2D eigenvalue weighted by molar-refractivity contribution is 0.235. The topological polar surface area (TPSA) is 48.9 Å². The van der Waals surface area contributed by atoms with E-state index in [1.54, 1.807) is 6.07 Å². The number of benzene rings is 1. The lowest BCUT2D eigenvalue weighted by Gasteiger charge is -2.12. The van der Waals surface area contributed by atoms with E-state index in [-0.39, 0.29) is 0 Å². The van der Waals surface area contributed by atoms with Gasteiger partial charge in [0.1, 0.15) is 0 Å². The summed E-state index contributed by atoms with van der Waals surface area (Å²) in [4.78, 5) is 0. The largest absolute Gasteiger partial charge is 0.374 e. The van der Waals surface area contributed by atoms with E-state index in [1.165, 1.54) is 0 Å². The Balaban J connectivity index is 2.54. The first-order valence-corrected chi connectivity index (χ1v) is 5.04. The van der Waals surface area contributed by atoms with Gasteiger partial charge in [-0.1, -0.05) is 12.1 Å². The summed E-state index contributed by atoms with van der Waals surface area (Å²) in [6.07, 6.45) is 2.81. The van der Waals surface area contributed by atoms with Gasteiger partial charge in [-0.25, -0.2) is 0 Å². The summed E-state index contributed by atoms with van der Waals surface area (Å²) in [6, 6.07) is 11.3. The molecule has 0 saturated carbocycles. The Morgan fingerprint density at radius 1 is 1.25 bits per heavy atom. The van der Waals surface area contributed by atoms with E-state index in [2.05, 4.69) is 0 Å². The van der Waals surface area contributed by atoms with E-state index in [0.717, 1.165) is 11.3 Å². The highest BCUT2D eigenvalue weighted by atomic mass is 16.3. The second-order valence-corrected chi connectivity index (χ2v) is 3.61.